The smallest absolute Gasteiger partial charge is 0.250 e. The molecule has 2 fully saturated rings. The Hall–Kier alpha value is -3.39. The fourth-order valence-electron chi connectivity index (χ4n) is 6.22. The molecule has 1 aromatic carbocycles. The van der Waals surface area contributed by atoms with Gasteiger partial charge in [-0.25, -0.2) is 0 Å². The van der Waals surface area contributed by atoms with Crippen LogP contribution in [0, 0.1) is 0 Å². The Kier molecular flexibility index (Phi) is 4.93. The molecule has 2 bridgehead atoms. The molecular weight excluding hydrogens is 442 g/mol. The summed E-state index contributed by atoms with van der Waals surface area (Å²) in [6.07, 6.45) is 6.28. The summed E-state index contributed by atoms with van der Waals surface area (Å²) in [6.45, 7) is 6.07. The van der Waals surface area contributed by atoms with Gasteiger partial charge in [-0.15, -0.1) is 10.2 Å². The zero-order valence-electron chi connectivity index (χ0n) is 20.4. The number of rotatable bonds is 3. The Morgan fingerprint density at radius 3 is 2.51 bits per heavy atom. The van der Waals surface area contributed by atoms with Gasteiger partial charge in [0, 0.05) is 48.1 Å². The predicted molar refractivity (Wildman–Crippen MR) is 135 cm³/mol. The molecule has 3 aromatic rings. The molecule has 0 amide bonds. The minimum absolute atomic E-state index is 0.0841. The number of anilines is 1. The van der Waals surface area contributed by atoms with Gasteiger partial charge in [0.2, 0.25) is 0 Å². The molecule has 3 atom stereocenters. The van der Waals surface area contributed by atoms with Crippen LogP contribution in [0.5, 0.6) is 11.5 Å². The number of piperidine rings is 1. The molecule has 2 N–H and O–H groups in total. The summed E-state index contributed by atoms with van der Waals surface area (Å²) < 4.78 is 7.52. The van der Waals surface area contributed by atoms with Gasteiger partial charge in [-0.1, -0.05) is 6.07 Å². The molecule has 0 radical (unpaired) electrons. The van der Waals surface area contributed by atoms with E-state index >= 15 is 0 Å². The number of hydrogen-bond donors (Lipinski definition) is 2. The maximum Gasteiger partial charge on any atom is 0.250 e. The second kappa shape index (κ2) is 7.81. The van der Waals surface area contributed by atoms with Crippen molar-refractivity contribution < 1.29 is 9.84 Å². The number of nitrogens with zero attached hydrogens (tertiary/aromatic N) is 4. The van der Waals surface area contributed by atoms with Crippen LogP contribution in [0.3, 0.4) is 0 Å². The zero-order valence-corrected chi connectivity index (χ0v) is 20.4. The molecule has 0 aliphatic carbocycles. The summed E-state index contributed by atoms with van der Waals surface area (Å²) in [6, 6.07) is 11.0. The molecule has 0 unspecified atom stereocenters. The van der Waals surface area contributed by atoms with Gasteiger partial charge < -0.3 is 24.6 Å². The highest BCUT2D eigenvalue weighted by Crippen LogP contribution is 2.46. The number of nitrogens with one attached hydrogen (secondary N) is 1. The normalized spacial score (nSPS) is 27.4. The number of phenols is 1. The first-order valence-electron chi connectivity index (χ1n) is 12.3. The van der Waals surface area contributed by atoms with E-state index in [0.29, 0.717) is 29.7 Å². The molecular formula is C27H31N5O3. The van der Waals surface area contributed by atoms with Gasteiger partial charge in [-0.05, 0) is 68.9 Å². The SMILES string of the molecule is Cn1ccc(-c2ccc(-c3cc4c(nn3)N([C@H]3C[C@]5(C)CC[C@](C)(C3)N5)CCO4)c(O)c2)cc1=O. The van der Waals surface area contributed by atoms with Crippen LogP contribution in [-0.4, -0.2) is 50.1 Å². The summed E-state index contributed by atoms with van der Waals surface area (Å²) in [4.78, 5) is 14.4. The van der Waals surface area contributed by atoms with Crippen LogP contribution in [0.4, 0.5) is 5.82 Å². The summed E-state index contributed by atoms with van der Waals surface area (Å²) in [5, 5.41) is 23.7. The van der Waals surface area contributed by atoms with Crippen molar-refractivity contribution in [1.29, 1.82) is 0 Å². The van der Waals surface area contributed by atoms with Gasteiger partial charge >= 0.3 is 0 Å². The van der Waals surface area contributed by atoms with Gasteiger partial charge in [0.15, 0.2) is 11.6 Å². The number of ether oxygens (including phenoxy) is 1. The number of pyridine rings is 1. The van der Waals surface area contributed by atoms with Crippen molar-refractivity contribution >= 4 is 5.82 Å². The van der Waals surface area contributed by atoms with Crippen LogP contribution in [0.15, 0.2) is 47.4 Å². The number of hydrogen-bond acceptors (Lipinski definition) is 7. The standard InChI is InChI=1S/C27H31N5O3/c1-26-7-8-27(2,30-26)16-19(15-26)32-10-11-35-23-14-21(28-29-25(23)32)20-5-4-17(12-22(20)33)18-6-9-31(3)24(34)13-18/h4-6,9,12-14,19,30,33H,7-8,10-11,15-16H2,1-3H3/t19-,26-,27+. The van der Waals surface area contributed by atoms with E-state index in [9.17, 15) is 9.90 Å². The van der Waals surface area contributed by atoms with Crippen molar-refractivity contribution in [2.45, 2.75) is 56.7 Å². The maximum absolute atomic E-state index is 12.0. The van der Waals surface area contributed by atoms with Crippen molar-refractivity contribution in [2.24, 2.45) is 7.05 Å². The molecule has 3 aliphatic rings. The van der Waals surface area contributed by atoms with Crippen LogP contribution in [0.1, 0.15) is 39.5 Å². The first-order chi connectivity index (χ1) is 16.7. The van der Waals surface area contributed by atoms with E-state index in [1.54, 1.807) is 25.4 Å². The third-order valence-corrected chi connectivity index (χ3v) is 7.96. The highest BCUT2D eigenvalue weighted by atomic mass is 16.5. The van der Waals surface area contributed by atoms with Gasteiger partial charge in [0.05, 0.1) is 6.54 Å². The van der Waals surface area contributed by atoms with Gasteiger partial charge in [-0.3, -0.25) is 4.79 Å². The largest absolute Gasteiger partial charge is 0.507 e. The fraction of sp³-hybridized carbons (Fsp3) is 0.444. The lowest BCUT2D eigenvalue weighted by Crippen LogP contribution is -2.59. The Morgan fingerprint density at radius 1 is 1.06 bits per heavy atom. The third-order valence-electron chi connectivity index (χ3n) is 7.96. The third kappa shape index (κ3) is 3.86. The molecule has 2 saturated heterocycles. The molecule has 3 aliphatic heterocycles. The Bertz CT molecular complexity index is 1350. The Balaban J connectivity index is 1.30. The summed E-state index contributed by atoms with van der Waals surface area (Å²) in [5.41, 5.74) is 2.89. The van der Waals surface area contributed by atoms with Gasteiger partial charge in [-0.2, -0.15) is 0 Å². The van der Waals surface area contributed by atoms with Crippen LogP contribution < -0.4 is 20.5 Å². The molecule has 2 aromatic heterocycles. The minimum Gasteiger partial charge on any atom is -0.507 e. The van der Waals surface area contributed by atoms with Gasteiger partial charge in [0.25, 0.3) is 5.56 Å². The van der Waals surface area contributed by atoms with Gasteiger partial charge in [0.1, 0.15) is 18.1 Å². The van der Waals surface area contributed by atoms with Crippen LogP contribution in [-0.2, 0) is 7.05 Å². The lowest BCUT2D eigenvalue weighted by atomic mass is 9.84. The van der Waals surface area contributed by atoms with E-state index in [4.69, 9.17) is 4.74 Å². The lowest BCUT2D eigenvalue weighted by molar-refractivity contribution is 0.194. The molecule has 8 heteroatoms. The molecule has 182 valence electrons. The molecule has 6 rings (SSSR count). The van der Waals surface area contributed by atoms with Crippen molar-refractivity contribution in [3.05, 3.63) is 52.9 Å². The predicted octanol–water partition coefficient (Wildman–Crippen LogP) is 3.48. The first-order valence-corrected chi connectivity index (χ1v) is 12.3. The Morgan fingerprint density at radius 2 is 1.80 bits per heavy atom. The van der Waals surface area contributed by atoms with E-state index in [1.807, 2.05) is 24.3 Å². The molecule has 5 heterocycles. The van der Waals surface area contributed by atoms with Crippen LogP contribution >= 0.6 is 0 Å². The fourth-order valence-corrected chi connectivity index (χ4v) is 6.22. The number of fused-ring (bicyclic) bond motifs is 3. The van der Waals surface area contributed by atoms with E-state index in [-0.39, 0.29) is 22.4 Å². The monoisotopic (exact) mass is 473 g/mol. The average molecular weight is 474 g/mol. The molecule has 8 nitrogen and oxygen atoms in total. The summed E-state index contributed by atoms with van der Waals surface area (Å²) in [5.74, 6) is 1.58. The van der Waals surface area contributed by atoms with Crippen molar-refractivity contribution in [3.8, 4) is 33.9 Å². The quantitative estimate of drug-likeness (QED) is 0.602. The highest BCUT2D eigenvalue weighted by Gasteiger charge is 2.50. The first kappa shape index (κ1) is 22.1. The number of aryl methyl sites for hydroxylation is 1. The molecule has 0 spiro atoms. The lowest BCUT2D eigenvalue weighted by Gasteiger charge is -2.47. The van der Waals surface area contributed by atoms with E-state index in [2.05, 4.69) is 34.3 Å². The highest BCUT2D eigenvalue weighted by molar-refractivity contribution is 5.75. The van der Waals surface area contributed by atoms with E-state index in [0.717, 1.165) is 36.3 Å². The van der Waals surface area contributed by atoms with Crippen LogP contribution in [0.25, 0.3) is 22.4 Å². The number of aromatic hydroxyl groups is 1. The van der Waals surface area contributed by atoms with Crippen molar-refractivity contribution in [2.75, 3.05) is 18.1 Å². The number of benzene rings is 1. The number of aromatic nitrogens is 3. The molecule has 0 saturated carbocycles. The van der Waals surface area contributed by atoms with Crippen LogP contribution in [0.2, 0.25) is 0 Å². The minimum atomic E-state index is -0.0990. The van der Waals surface area contributed by atoms with E-state index in [1.165, 1.54) is 17.4 Å². The summed E-state index contributed by atoms with van der Waals surface area (Å²) in [7, 11) is 1.71. The maximum atomic E-state index is 12.0. The Labute approximate surface area is 204 Å². The number of phenolic OH excluding ortho intramolecular Hbond substituents is 1. The average Bonchev–Trinajstić information content (AvgIpc) is 3.06. The topological polar surface area (TPSA) is 92.5 Å². The molecule has 35 heavy (non-hydrogen) atoms. The summed E-state index contributed by atoms with van der Waals surface area (Å²) >= 11 is 0. The van der Waals surface area contributed by atoms with Crippen molar-refractivity contribution in [1.82, 2.24) is 20.1 Å². The van der Waals surface area contributed by atoms with E-state index < -0.39 is 0 Å². The zero-order chi connectivity index (χ0) is 24.4. The second-order valence-electron chi connectivity index (χ2n) is 10.9. The van der Waals surface area contributed by atoms with Crippen molar-refractivity contribution in [3.63, 3.8) is 0 Å². The second-order valence-corrected chi connectivity index (χ2v) is 10.9.